The van der Waals surface area contributed by atoms with Gasteiger partial charge in [-0.05, 0) is 177 Å². The molecule has 8 nitrogen and oxygen atoms in total. The van der Waals surface area contributed by atoms with Gasteiger partial charge in [0.2, 0.25) is 0 Å². The van der Waals surface area contributed by atoms with Crippen LogP contribution < -0.4 is 0 Å². The first-order valence-corrected chi connectivity index (χ1v) is 42.9. The molecular weight excluding hydrogens is 1460 g/mol. The number of fused-ring (bicyclic) bond motifs is 20. The van der Waals surface area contributed by atoms with E-state index in [0.29, 0.717) is 45.9 Å². The van der Waals surface area contributed by atoms with Crippen LogP contribution in [0.1, 0.15) is 211 Å². The predicted octanol–water partition coefficient (Wildman–Crippen LogP) is 30.6. The lowest BCUT2D eigenvalue weighted by Gasteiger charge is -2.20. The molecule has 3 aromatic heterocycles. The molecule has 0 saturated heterocycles. The molecule has 0 atom stereocenters. The molecule has 0 fully saturated rings. The number of benzene rings is 12. The second-order valence-corrected chi connectivity index (χ2v) is 41.9. The Morgan fingerprint density at radius 1 is 0.150 bits per heavy atom. The Hall–Kier alpha value is -12.0. The summed E-state index contributed by atoms with van der Waals surface area (Å²) >= 11 is 0. The summed E-state index contributed by atoms with van der Waals surface area (Å²) in [5, 5.41) is 3.56. The number of nitrogens with zero attached hydrogens (tertiary/aromatic N) is 6. The SMILES string of the molecule is CC(C)(C)c1ccc(-c2ccc(-c3ccc(C(C)(C)C)cc3)c3c2-c2nc-3nc3[nH]c(nc4nc(nc5[nH]c(n2)c2c(-c6ccc(C(C)(C)C)cc6)ccc(-c6ccc(C(C)(C)C)cc6)c52)-c2c(-c5ccc(C(C)(C)C)cc5)ccc(-c5ccc(C(C)(C)C)cc5)c2-4)c2c(-c4ccc(C(C)(C)C)cc4)ccc(-c4ccc(C(C)(C)C)cc4)c32)cc1. The molecule has 5 heterocycles. The van der Waals surface area contributed by atoms with Gasteiger partial charge in [-0.25, -0.2) is 29.9 Å². The summed E-state index contributed by atoms with van der Waals surface area (Å²) < 4.78 is 0. The van der Waals surface area contributed by atoms with Crippen LogP contribution in [0.3, 0.4) is 0 Å². The molecule has 0 saturated carbocycles. The van der Waals surface area contributed by atoms with Gasteiger partial charge in [0.1, 0.15) is 22.6 Å². The van der Waals surface area contributed by atoms with E-state index < -0.39 is 0 Å². The summed E-state index contributed by atoms with van der Waals surface area (Å²) in [5.74, 6) is 2.01. The highest BCUT2D eigenvalue weighted by Crippen LogP contribution is 2.53. The van der Waals surface area contributed by atoms with Crippen molar-refractivity contribution in [1.82, 2.24) is 39.9 Å². The molecule has 2 N–H and O–H groups in total. The summed E-state index contributed by atoms with van der Waals surface area (Å²) in [6.45, 7) is 54.6. The maximum Gasteiger partial charge on any atom is 0.165 e. The van der Waals surface area contributed by atoms with Crippen molar-refractivity contribution in [2.24, 2.45) is 0 Å². The first-order valence-electron chi connectivity index (χ1n) is 42.9. The zero-order valence-electron chi connectivity index (χ0n) is 74.8. The van der Waals surface area contributed by atoms with Gasteiger partial charge in [0.05, 0.1) is 0 Å². The molecule has 0 spiro atoms. The van der Waals surface area contributed by atoms with Gasteiger partial charge in [-0.1, -0.05) is 409 Å². The third-order valence-electron chi connectivity index (χ3n) is 24.9. The van der Waals surface area contributed by atoms with Crippen LogP contribution in [0.2, 0.25) is 0 Å². The Morgan fingerprint density at radius 3 is 0.408 bits per heavy atom. The van der Waals surface area contributed by atoms with E-state index >= 15 is 0 Å². The Kier molecular flexibility index (Phi) is 19.4. The van der Waals surface area contributed by atoms with E-state index in [9.17, 15) is 0 Å². The zero-order valence-corrected chi connectivity index (χ0v) is 74.8. The van der Waals surface area contributed by atoms with Crippen LogP contribution in [0.5, 0.6) is 0 Å². The van der Waals surface area contributed by atoms with E-state index in [4.69, 9.17) is 29.9 Å². The molecule has 8 bridgehead atoms. The smallest absolute Gasteiger partial charge is 0.165 e. The van der Waals surface area contributed by atoms with Crippen LogP contribution in [-0.2, 0) is 43.3 Å². The Labute approximate surface area is 710 Å². The van der Waals surface area contributed by atoms with E-state index in [1.54, 1.807) is 0 Å². The minimum absolute atomic E-state index is 0.0952. The molecular formula is C112H114N8. The highest BCUT2D eigenvalue weighted by molar-refractivity contribution is 6.20. The van der Waals surface area contributed by atoms with Crippen LogP contribution in [-0.4, -0.2) is 39.9 Å². The van der Waals surface area contributed by atoms with E-state index in [2.05, 4.69) is 419 Å². The normalized spacial score (nSPS) is 13.0. The van der Waals surface area contributed by atoms with Gasteiger partial charge in [0.25, 0.3) is 0 Å². The molecule has 15 aromatic rings. The van der Waals surface area contributed by atoms with E-state index in [1.807, 2.05) is 0 Å². The largest absolute Gasteiger partial charge is 0.324 e. The van der Waals surface area contributed by atoms with Gasteiger partial charge >= 0.3 is 0 Å². The molecule has 0 amide bonds. The summed E-state index contributed by atoms with van der Waals surface area (Å²) in [6, 6.07) is 91.2. The number of aromatic amines is 2. The number of nitrogens with one attached hydrogen (secondary N) is 2. The molecule has 2 aliphatic heterocycles. The standard InChI is InChI=1S/C112H114N8/c1-105(2,3)73-41-25-65(26-42-73)81-57-58-82(66-27-43-74(44-28-66)106(4,5)6)90-89(81)97-113-98(90)118-100-93-85(69-33-49-77(50-34-69)109(13,14)15)61-62-86(70-35-51-78(52-36-70)110(16,17)18)94(93)102(115-100)120-104-96-88(72-39-55-80(56-40-72)112(22,23)24)64-63-87(71-37-53-79(54-38-71)111(19,20)21)95(96)103(116-104)119-101-92-84(68-31-47-76(48-32-68)108(10,11)12)60-59-83(91(92)99(114-101)117-97)67-29-45-75(46-30-67)107(7,8)9/h25-64H,1-24H3,(H2,113,114,115,116,117,118,119,120). The first kappa shape index (κ1) is 80.4. The molecule has 2 aliphatic rings. The molecule has 8 heteroatoms. The molecule has 0 aliphatic carbocycles. The molecule has 17 rings (SSSR count). The van der Waals surface area contributed by atoms with Crippen molar-refractivity contribution in [2.75, 3.05) is 0 Å². The van der Waals surface area contributed by atoms with E-state index in [0.717, 1.165) is 133 Å². The van der Waals surface area contributed by atoms with Crippen molar-refractivity contribution in [3.63, 3.8) is 0 Å². The van der Waals surface area contributed by atoms with Crippen LogP contribution in [0.4, 0.5) is 0 Å². The van der Waals surface area contributed by atoms with Gasteiger partial charge in [0, 0.05) is 43.8 Å². The predicted molar refractivity (Wildman–Crippen MR) is 509 cm³/mol. The van der Waals surface area contributed by atoms with Gasteiger partial charge in [-0.3, -0.25) is 0 Å². The van der Waals surface area contributed by atoms with Crippen LogP contribution in [0, 0.1) is 0 Å². The highest BCUT2D eigenvalue weighted by atomic mass is 15.1. The fourth-order valence-corrected chi connectivity index (χ4v) is 17.4. The average Bonchev–Trinajstić information content (AvgIpc) is 1.55. The minimum atomic E-state index is -0.0960. The summed E-state index contributed by atoms with van der Waals surface area (Å²) in [4.78, 5) is 45.1. The van der Waals surface area contributed by atoms with Crippen LogP contribution in [0.15, 0.2) is 243 Å². The highest BCUT2D eigenvalue weighted by Gasteiger charge is 2.34. The summed E-state index contributed by atoms with van der Waals surface area (Å²) in [5.41, 5.74) is 31.1. The fraction of sp³-hybridized carbons (Fsp3) is 0.286. The summed E-state index contributed by atoms with van der Waals surface area (Å²) in [7, 11) is 0. The maximum atomic E-state index is 6.21. The van der Waals surface area contributed by atoms with Crippen molar-refractivity contribution in [1.29, 1.82) is 0 Å². The van der Waals surface area contributed by atoms with Gasteiger partial charge in [-0.15, -0.1) is 0 Å². The number of rotatable bonds is 8. The van der Waals surface area contributed by atoms with Gasteiger partial charge in [-0.2, -0.15) is 0 Å². The number of hydrogen-bond acceptors (Lipinski definition) is 6. The Bertz CT molecular complexity index is 5900. The second-order valence-electron chi connectivity index (χ2n) is 41.9. The van der Waals surface area contributed by atoms with Gasteiger partial charge in [0.15, 0.2) is 23.3 Å². The van der Waals surface area contributed by atoms with E-state index in [-0.39, 0.29) is 43.3 Å². The number of H-pyrrole nitrogens is 2. The lowest BCUT2D eigenvalue weighted by Crippen LogP contribution is -2.10. The minimum Gasteiger partial charge on any atom is -0.324 e. The van der Waals surface area contributed by atoms with E-state index in [1.165, 1.54) is 44.5 Å². The zero-order chi connectivity index (χ0) is 85.0. The monoisotopic (exact) mass is 1570 g/mol. The van der Waals surface area contributed by atoms with Crippen molar-refractivity contribution >= 4 is 44.1 Å². The number of hydrogen-bond donors (Lipinski definition) is 2. The van der Waals surface area contributed by atoms with Crippen molar-refractivity contribution in [3.05, 3.63) is 287 Å². The number of aromatic nitrogens is 8. The first-order chi connectivity index (χ1) is 56.5. The maximum absolute atomic E-state index is 6.21. The van der Waals surface area contributed by atoms with Crippen LogP contribution in [0.25, 0.3) is 179 Å². The lowest BCUT2D eigenvalue weighted by atomic mass is 9.84. The third-order valence-corrected chi connectivity index (χ3v) is 24.9. The van der Waals surface area contributed by atoms with Crippen molar-refractivity contribution in [3.8, 4) is 135 Å². The van der Waals surface area contributed by atoms with Crippen LogP contribution >= 0.6 is 0 Å². The molecule has 0 unspecified atom stereocenters. The molecule has 602 valence electrons. The Balaban J connectivity index is 1.13. The topological polar surface area (TPSA) is 109 Å². The molecule has 12 aromatic carbocycles. The average molecular weight is 1570 g/mol. The van der Waals surface area contributed by atoms with Crippen molar-refractivity contribution in [2.45, 2.75) is 209 Å². The lowest BCUT2D eigenvalue weighted by molar-refractivity contribution is 0.590. The third kappa shape index (κ3) is 14.9. The summed E-state index contributed by atoms with van der Waals surface area (Å²) in [6.07, 6.45) is 0. The van der Waals surface area contributed by atoms with Crippen molar-refractivity contribution < 1.29 is 0 Å². The Morgan fingerprint density at radius 2 is 0.275 bits per heavy atom. The quantitative estimate of drug-likeness (QED) is 0.157. The second kappa shape index (κ2) is 28.9. The van der Waals surface area contributed by atoms with Gasteiger partial charge < -0.3 is 9.97 Å². The fourth-order valence-electron chi connectivity index (χ4n) is 17.4. The molecule has 120 heavy (non-hydrogen) atoms. The molecule has 0 radical (unpaired) electrons.